The van der Waals surface area contributed by atoms with Crippen LogP contribution in [-0.2, 0) is 0 Å². The number of aryl methyl sites for hydroxylation is 2. The van der Waals surface area contributed by atoms with Crippen LogP contribution in [0.4, 0.5) is 0 Å². The number of aromatic nitrogens is 2. The predicted octanol–water partition coefficient (Wildman–Crippen LogP) is 6.13. The highest BCUT2D eigenvalue weighted by atomic mass is 16.2. The Hall–Kier alpha value is -1.22. The minimum Gasteiger partial charge on any atom is -0.396 e. The largest absolute Gasteiger partial charge is 0.396 e. The molecule has 0 amide bonds. The lowest BCUT2D eigenvalue weighted by atomic mass is 9.82. The van der Waals surface area contributed by atoms with Crippen molar-refractivity contribution in [1.29, 1.82) is 0 Å². The standard InChI is InChI=1S/C15H24N2O.C4H10.C2H6/c1-10-9-16-14(12(3)17-10)13(7-8-18)11(2)15(4,5)6;1-3-4-2;1-2/h9,18H,7-8H2,1-6H3;3-4H2,1-2H3;1-2H3/b13-11+;;. The minimum atomic E-state index is 0.0729. The summed E-state index contributed by atoms with van der Waals surface area (Å²) in [5.41, 5.74) is 5.23. The third-order valence-electron chi connectivity index (χ3n) is 3.79. The summed E-state index contributed by atoms with van der Waals surface area (Å²) in [7, 11) is 0. The Kier molecular flexibility index (Phi) is 13.7. The average molecular weight is 337 g/mol. The molecule has 1 N–H and O–H groups in total. The van der Waals surface area contributed by atoms with Gasteiger partial charge in [-0.15, -0.1) is 0 Å². The fourth-order valence-electron chi connectivity index (χ4n) is 1.94. The number of aliphatic hydroxyl groups excluding tert-OH is 1. The van der Waals surface area contributed by atoms with E-state index in [1.165, 1.54) is 18.4 Å². The molecule has 3 nitrogen and oxygen atoms in total. The lowest BCUT2D eigenvalue weighted by Crippen LogP contribution is -2.11. The summed E-state index contributed by atoms with van der Waals surface area (Å²) in [5.74, 6) is 0. The zero-order chi connectivity index (χ0) is 19.3. The summed E-state index contributed by atoms with van der Waals surface area (Å²) in [6.07, 6.45) is 5.05. The van der Waals surface area contributed by atoms with Crippen LogP contribution in [0.2, 0.25) is 0 Å². The second-order valence-electron chi connectivity index (χ2n) is 6.77. The second kappa shape index (κ2) is 13.1. The fourth-order valence-corrected chi connectivity index (χ4v) is 1.94. The molecule has 0 saturated heterocycles. The van der Waals surface area contributed by atoms with E-state index in [1.54, 1.807) is 6.20 Å². The van der Waals surface area contributed by atoms with Gasteiger partial charge < -0.3 is 5.11 Å². The first kappa shape index (κ1) is 25.0. The molecule has 1 rings (SSSR count). The van der Waals surface area contributed by atoms with Crippen LogP contribution in [0, 0.1) is 19.3 Å². The summed E-state index contributed by atoms with van der Waals surface area (Å²) in [6, 6.07) is 0. The van der Waals surface area contributed by atoms with Gasteiger partial charge in [-0.2, -0.15) is 0 Å². The Labute approximate surface area is 150 Å². The number of allylic oxidation sites excluding steroid dienone is 1. The molecular formula is C21H40N2O. The van der Waals surface area contributed by atoms with Crippen molar-refractivity contribution >= 4 is 5.57 Å². The molecule has 0 atom stereocenters. The maximum absolute atomic E-state index is 9.28. The third kappa shape index (κ3) is 9.17. The van der Waals surface area contributed by atoms with Crippen molar-refractivity contribution < 1.29 is 5.11 Å². The normalized spacial score (nSPS) is 11.6. The van der Waals surface area contributed by atoms with E-state index >= 15 is 0 Å². The van der Waals surface area contributed by atoms with Crippen LogP contribution in [0.5, 0.6) is 0 Å². The molecule has 0 spiro atoms. The molecular weight excluding hydrogens is 296 g/mol. The van der Waals surface area contributed by atoms with Crippen LogP contribution >= 0.6 is 0 Å². The fraction of sp³-hybridized carbons (Fsp3) is 0.714. The maximum atomic E-state index is 9.28. The minimum absolute atomic E-state index is 0.0729. The lowest BCUT2D eigenvalue weighted by molar-refractivity contribution is 0.304. The van der Waals surface area contributed by atoms with Crippen LogP contribution in [0.15, 0.2) is 11.8 Å². The van der Waals surface area contributed by atoms with Crippen molar-refractivity contribution in [3.63, 3.8) is 0 Å². The number of nitrogens with zero attached hydrogens (tertiary/aromatic N) is 2. The molecule has 1 heterocycles. The van der Waals surface area contributed by atoms with Crippen LogP contribution < -0.4 is 0 Å². The van der Waals surface area contributed by atoms with E-state index < -0.39 is 0 Å². The van der Waals surface area contributed by atoms with E-state index in [0.717, 1.165) is 22.7 Å². The quantitative estimate of drug-likeness (QED) is 0.719. The van der Waals surface area contributed by atoms with E-state index in [2.05, 4.69) is 51.5 Å². The first-order valence-corrected chi connectivity index (χ1v) is 9.30. The molecule has 140 valence electrons. The van der Waals surface area contributed by atoms with Crippen LogP contribution in [0.3, 0.4) is 0 Å². The van der Waals surface area contributed by atoms with E-state index in [0.29, 0.717) is 6.42 Å². The molecule has 3 heteroatoms. The average Bonchev–Trinajstić information content (AvgIpc) is 2.54. The number of hydrogen-bond acceptors (Lipinski definition) is 3. The van der Waals surface area contributed by atoms with Gasteiger partial charge in [-0.05, 0) is 38.2 Å². The van der Waals surface area contributed by atoms with Gasteiger partial charge in [0.2, 0.25) is 0 Å². The highest BCUT2D eigenvalue weighted by Gasteiger charge is 2.20. The second-order valence-corrected chi connectivity index (χ2v) is 6.77. The Morgan fingerprint density at radius 3 is 1.92 bits per heavy atom. The number of aliphatic hydroxyl groups is 1. The molecule has 24 heavy (non-hydrogen) atoms. The number of unbranched alkanes of at least 4 members (excludes halogenated alkanes) is 1. The van der Waals surface area contributed by atoms with Gasteiger partial charge >= 0.3 is 0 Å². The van der Waals surface area contributed by atoms with E-state index in [9.17, 15) is 5.11 Å². The van der Waals surface area contributed by atoms with Gasteiger partial charge in [0.1, 0.15) is 0 Å². The molecule has 1 aromatic rings. The van der Waals surface area contributed by atoms with Crippen molar-refractivity contribution in [2.24, 2.45) is 5.41 Å². The first-order chi connectivity index (χ1) is 11.2. The van der Waals surface area contributed by atoms with Gasteiger partial charge in [-0.3, -0.25) is 9.97 Å². The highest BCUT2D eigenvalue weighted by Crippen LogP contribution is 2.33. The summed E-state index contributed by atoms with van der Waals surface area (Å²) in [6.45, 7) is 21.1. The van der Waals surface area contributed by atoms with Gasteiger partial charge in [0.15, 0.2) is 0 Å². The van der Waals surface area contributed by atoms with Crippen molar-refractivity contribution in [3.05, 3.63) is 28.9 Å². The monoisotopic (exact) mass is 336 g/mol. The molecule has 0 saturated carbocycles. The van der Waals surface area contributed by atoms with Crippen LogP contribution in [-0.4, -0.2) is 21.7 Å². The Morgan fingerprint density at radius 2 is 1.58 bits per heavy atom. The first-order valence-electron chi connectivity index (χ1n) is 9.30. The number of rotatable bonds is 4. The molecule has 0 bridgehead atoms. The molecule has 0 aliphatic heterocycles. The van der Waals surface area contributed by atoms with E-state index in [-0.39, 0.29) is 12.0 Å². The summed E-state index contributed by atoms with van der Waals surface area (Å²) < 4.78 is 0. The smallest absolute Gasteiger partial charge is 0.0874 e. The maximum Gasteiger partial charge on any atom is 0.0874 e. The topological polar surface area (TPSA) is 46.0 Å². The van der Waals surface area contributed by atoms with E-state index in [1.807, 2.05) is 27.7 Å². The molecule has 0 unspecified atom stereocenters. The summed E-state index contributed by atoms with van der Waals surface area (Å²) in [5, 5.41) is 9.28. The van der Waals surface area contributed by atoms with Gasteiger partial charge in [0.25, 0.3) is 0 Å². The van der Waals surface area contributed by atoms with E-state index in [4.69, 9.17) is 0 Å². The van der Waals surface area contributed by atoms with Crippen molar-refractivity contribution in [1.82, 2.24) is 9.97 Å². The van der Waals surface area contributed by atoms with Crippen molar-refractivity contribution in [2.75, 3.05) is 6.61 Å². The molecule has 0 fully saturated rings. The zero-order valence-corrected chi connectivity index (χ0v) is 17.7. The third-order valence-corrected chi connectivity index (χ3v) is 3.79. The predicted molar refractivity (Wildman–Crippen MR) is 107 cm³/mol. The molecule has 0 radical (unpaired) electrons. The Bertz CT molecular complexity index is 483. The molecule has 0 aliphatic rings. The van der Waals surface area contributed by atoms with Gasteiger partial charge in [-0.25, -0.2) is 0 Å². The summed E-state index contributed by atoms with van der Waals surface area (Å²) >= 11 is 0. The SMILES string of the molecule is C/C(=C(/CCO)c1ncc(C)nc1C)C(C)(C)C.CC.CCCC. The van der Waals surface area contributed by atoms with Crippen LogP contribution in [0.25, 0.3) is 5.57 Å². The molecule has 0 aliphatic carbocycles. The number of hydrogen-bond donors (Lipinski definition) is 1. The van der Waals surface area contributed by atoms with Gasteiger partial charge in [0.05, 0.1) is 17.1 Å². The van der Waals surface area contributed by atoms with Crippen molar-refractivity contribution in [2.45, 2.75) is 88.5 Å². The molecule has 0 aromatic carbocycles. The van der Waals surface area contributed by atoms with Crippen molar-refractivity contribution in [3.8, 4) is 0 Å². The Morgan fingerprint density at radius 1 is 1.08 bits per heavy atom. The highest BCUT2D eigenvalue weighted by molar-refractivity contribution is 5.68. The summed E-state index contributed by atoms with van der Waals surface area (Å²) in [4.78, 5) is 8.96. The van der Waals surface area contributed by atoms with Crippen LogP contribution in [0.1, 0.15) is 91.7 Å². The Balaban J connectivity index is 0. The lowest BCUT2D eigenvalue weighted by Gasteiger charge is -2.24. The van der Waals surface area contributed by atoms with Gasteiger partial charge in [-0.1, -0.05) is 66.9 Å². The van der Waals surface area contributed by atoms with Gasteiger partial charge in [0, 0.05) is 12.8 Å². The zero-order valence-electron chi connectivity index (χ0n) is 17.7. The molecule has 1 aromatic heterocycles.